The molecule has 1 aliphatic heterocycles. The van der Waals surface area contributed by atoms with Crippen LogP contribution in [-0.2, 0) is 6.54 Å². The molecule has 0 amide bonds. The maximum atomic E-state index is 14.4. The molecule has 3 aromatic heterocycles. The highest BCUT2D eigenvalue weighted by molar-refractivity contribution is 6.29. The minimum Gasteiger partial charge on any atom is -0.466 e. The Morgan fingerprint density at radius 3 is 2.69 bits per heavy atom. The van der Waals surface area contributed by atoms with Gasteiger partial charge in [-0.05, 0) is 0 Å². The van der Waals surface area contributed by atoms with E-state index in [1.807, 2.05) is 0 Å². The number of rotatable bonds is 4. The molecule has 0 bridgehead atoms. The van der Waals surface area contributed by atoms with Crippen LogP contribution in [-0.4, -0.2) is 56.0 Å². The van der Waals surface area contributed by atoms with Crippen molar-refractivity contribution in [3.63, 3.8) is 0 Å². The number of anilines is 1. The Morgan fingerprint density at radius 2 is 1.97 bits per heavy atom. The quantitative estimate of drug-likeness (QED) is 0.463. The van der Waals surface area contributed by atoms with Crippen LogP contribution in [0.25, 0.3) is 10.9 Å². The van der Waals surface area contributed by atoms with E-state index in [4.69, 9.17) is 16.3 Å². The molecular weight excluding hydrogens is 423 g/mol. The van der Waals surface area contributed by atoms with Crippen LogP contribution in [0.2, 0.25) is 5.15 Å². The van der Waals surface area contributed by atoms with Crippen molar-refractivity contribution >= 4 is 28.3 Å². The summed E-state index contributed by atoms with van der Waals surface area (Å²) in [6, 6.07) is 2.51. The molecule has 0 N–H and O–H groups in total. The summed E-state index contributed by atoms with van der Waals surface area (Å²) in [5.74, 6) is -3.27. The summed E-state index contributed by atoms with van der Waals surface area (Å²) < 4.78 is 73.0. The summed E-state index contributed by atoms with van der Waals surface area (Å²) in [5, 5.41) is 4.10. The summed E-state index contributed by atoms with van der Waals surface area (Å²) in [5.41, 5.74) is 0.0769. The minimum atomic E-state index is -4.49. The first-order valence-corrected chi connectivity index (χ1v) is 8.64. The van der Waals surface area contributed by atoms with Gasteiger partial charge < -0.3 is 9.64 Å². The van der Waals surface area contributed by atoms with Gasteiger partial charge in [-0.1, -0.05) is 11.6 Å². The number of fused-ring (bicyclic) bond motifs is 1. The second-order valence-electron chi connectivity index (χ2n) is 6.45. The largest absolute Gasteiger partial charge is 0.466 e. The van der Waals surface area contributed by atoms with E-state index >= 15 is 0 Å². The molecule has 0 radical (unpaired) electrons. The molecule has 4 heterocycles. The van der Waals surface area contributed by atoms with Crippen molar-refractivity contribution in [3.8, 4) is 5.88 Å². The standard InChI is InChI=1S/C16H12ClF5N6O/c17-12-2-13(25-8-24-12)27-5-11(15(18,19)6-27)29-14-1-10-9(3-23-14)4-26-28(10)7-16(20,21)22/h1-4,8,11H,5-7H2. The van der Waals surface area contributed by atoms with E-state index in [1.54, 1.807) is 0 Å². The Hall–Kier alpha value is -2.76. The van der Waals surface area contributed by atoms with Crippen molar-refractivity contribution in [1.82, 2.24) is 24.7 Å². The molecule has 7 nitrogen and oxygen atoms in total. The van der Waals surface area contributed by atoms with Crippen molar-refractivity contribution < 1.29 is 26.7 Å². The van der Waals surface area contributed by atoms with Gasteiger partial charge in [-0.2, -0.15) is 18.3 Å². The second-order valence-corrected chi connectivity index (χ2v) is 6.83. The van der Waals surface area contributed by atoms with Crippen LogP contribution in [0.15, 0.2) is 30.9 Å². The fourth-order valence-corrected chi connectivity index (χ4v) is 3.15. The smallest absolute Gasteiger partial charge is 0.408 e. The topological polar surface area (TPSA) is 69.0 Å². The van der Waals surface area contributed by atoms with E-state index < -0.39 is 31.3 Å². The molecule has 3 aromatic rings. The van der Waals surface area contributed by atoms with Gasteiger partial charge in [0.15, 0.2) is 6.10 Å². The molecule has 29 heavy (non-hydrogen) atoms. The third-order valence-corrected chi connectivity index (χ3v) is 4.50. The Bertz CT molecular complexity index is 1040. The monoisotopic (exact) mass is 434 g/mol. The zero-order chi connectivity index (χ0) is 20.8. The first kappa shape index (κ1) is 19.6. The number of nitrogens with zero attached hydrogens (tertiary/aromatic N) is 6. The summed E-state index contributed by atoms with van der Waals surface area (Å²) in [6.45, 7) is -2.21. The van der Waals surface area contributed by atoms with Crippen LogP contribution in [0.1, 0.15) is 0 Å². The van der Waals surface area contributed by atoms with Crippen LogP contribution in [0.4, 0.5) is 27.8 Å². The van der Waals surface area contributed by atoms with Crippen LogP contribution >= 0.6 is 11.6 Å². The molecule has 1 aliphatic rings. The lowest BCUT2D eigenvalue weighted by Crippen LogP contribution is -2.36. The SMILES string of the molecule is FC(F)(F)Cn1ncc2cnc(OC3CN(c4cc(Cl)ncn4)CC3(F)F)cc21. The molecule has 4 rings (SSSR count). The molecule has 0 aliphatic carbocycles. The molecule has 154 valence electrons. The Kier molecular flexibility index (Phi) is 4.68. The number of alkyl halides is 5. The lowest BCUT2D eigenvalue weighted by atomic mass is 10.2. The number of hydrogen-bond acceptors (Lipinski definition) is 6. The minimum absolute atomic E-state index is 0.0769. The van der Waals surface area contributed by atoms with E-state index in [9.17, 15) is 22.0 Å². The van der Waals surface area contributed by atoms with Crippen molar-refractivity contribution in [2.75, 3.05) is 18.0 Å². The van der Waals surface area contributed by atoms with Crippen LogP contribution in [0, 0.1) is 0 Å². The average molecular weight is 435 g/mol. The highest BCUT2D eigenvalue weighted by Crippen LogP contribution is 2.34. The van der Waals surface area contributed by atoms with Gasteiger partial charge in [0.25, 0.3) is 0 Å². The molecular formula is C16H12ClF5N6O. The van der Waals surface area contributed by atoms with Crippen molar-refractivity contribution in [2.24, 2.45) is 0 Å². The van der Waals surface area contributed by atoms with Gasteiger partial charge >= 0.3 is 12.1 Å². The predicted molar refractivity (Wildman–Crippen MR) is 92.2 cm³/mol. The van der Waals surface area contributed by atoms with Gasteiger partial charge in [-0.25, -0.2) is 23.7 Å². The lowest BCUT2D eigenvalue weighted by molar-refractivity contribution is -0.141. The van der Waals surface area contributed by atoms with E-state index in [1.165, 1.54) is 23.4 Å². The zero-order valence-corrected chi connectivity index (χ0v) is 15.2. The number of aromatic nitrogens is 5. The third kappa shape index (κ3) is 4.16. The van der Waals surface area contributed by atoms with Crippen molar-refractivity contribution in [3.05, 3.63) is 36.0 Å². The molecule has 1 unspecified atom stereocenters. The number of halogens is 6. The second kappa shape index (κ2) is 6.94. The average Bonchev–Trinajstić information content (AvgIpc) is 3.14. The van der Waals surface area contributed by atoms with Crippen molar-refractivity contribution in [1.29, 1.82) is 0 Å². The summed E-state index contributed by atoms with van der Waals surface area (Å²) in [6.07, 6.45) is -2.48. The molecule has 1 saturated heterocycles. The van der Waals surface area contributed by atoms with Crippen LogP contribution in [0.5, 0.6) is 5.88 Å². The van der Waals surface area contributed by atoms with Crippen LogP contribution in [0.3, 0.4) is 0 Å². The molecule has 0 saturated carbocycles. The first-order valence-electron chi connectivity index (χ1n) is 8.26. The summed E-state index contributed by atoms with van der Waals surface area (Å²) in [4.78, 5) is 12.8. The van der Waals surface area contributed by atoms with Crippen LogP contribution < -0.4 is 9.64 Å². The molecule has 1 fully saturated rings. The third-order valence-electron chi connectivity index (χ3n) is 4.30. The molecule has 1 atom stereocenters. The highest BCUT2D eigenvalue weighted by atomic mass is 35.5. The van der Waals surface area contributed by atoms with Gasteiger partial charge in [0.05, 0.1) is 24.8 Å². The van der Waals surface area contributed by atoms with Gasteiger partial charge in [-0.3, -0.25) is 4.68 Å². The van der Waals surface area contributed by atoms with Gasteiger partial charge in [0, 0.05) is 23.7 Å². The van der Waals surface area contributed by atoms with E-state index in [0.717, 1.165) is 12.4 Å². The maximum Gasteiger partial charge on any atom is 0.408 e. The highest BCUT2D eigenvalue weighted by Gasteiger charge is 2.50. The molecule has 0 aromatic carbocycles. The number of pyridine rings is 1. The van der Waals surface area contributed by atoms with E-state index in [0.29, 0.717) is 10.1 Å². The molecule has 13 heteroatoms. The first-order chi connectivity index (χ1) is 13.6. The van der Waals surface area contributed by atoms with E-state index in [-0.39, 0.29) is 28.9 Å². The lowest BCUT2D eigenvalue weighted by Gasteiger charge is -2.18. The maximum absolute atomic E-state index is 14.4. The summed E-state index contributed by atoms with van der Waals surface area (Å²) >= 11 is 5.77. The zero-order valence-electron chi connectivity index (χ0n) is 14.4. The van der Waals surface area contributed by atoms with Crippen molar-refractivity contribution in [2.45, 2.75) is 24.7 Å². The number of ether oxygens (including phenoxy) is 1. The fraction of sp³-hybridized carbons (Fsp3) is 0.375. The molecule has 0 spiro atoms. The fourth-order valence-electron chi connectivity index (χ4n) is 3.01. The summed E-state index contributed by atoms with van der Waals surface area (Å²) in [7, 11) is 0. The van der Waals surface area contributed by atoms with Gasteiger partial charge in [0.1, 0.15) is 23.8 Å². The Morgan fingerprint density at radius 1 is 1.17 bits per heavy atom. The predicted octanol–water partition coefficient (Wildman–Crippen LogP) is 3.34. The normalized spacial score (nSPS) is 19.1. The Balaban J connectivity index is 1.56. The Labute approximate surface area is 165 Å². The van der Waals surface area contributed by atoms with Gasteiger partial charge in [0.2, 0.25) is 5.88 Å². The van der Waals surface area contributed by atoms with E-state index in [2.05, 4.69) is 20.1 Å². The van der Waals surface area contributed by atoms with Gasteiger partial charge in [-0.15, -0.1) is 0 Å². The number of hydrogen-bond donors (Lipinski definition) is 0.